The van der Waals surface area contributed by atoms with Crippen molar-refractivity contribution in [1.29, 1.82) is 0 Å². The molecule has 5 rings (SSSR count). The number of aromatic nitrogens is 2. The second-order valence-electron chi connectivity index (χ2n) is 9.23. The fourth-order valence-corrected chi connectivity index (χ4v) is 4.88. The van der Waals surface area contributed by atoms with Gasteiger partial charge in [-0.25, -0.2) is 4.98 Å². The van der Waals surface area contributed by atoms with E-state index in [0.29, 0.717) is 39.9 Å². The zero-order valence-electron chi connectivity index (χ0n) is 18.7. The Hall–Kier alpha value is -3.14. The van der Waals surface area contributed by atoms with Crippen LogP contribution >= 0.6 is 12.4 Å². The van der Waals surface area contributed by atoms with E-state index in [4.69, 9.17) is 10.2 Å². The van der Waals surface area contributed by atoms with Crippen LogP contribution in [0.25, 0.3) is 33.6 Å². The number of hydrogen-bond donors (Lipinski definition) is 2. The third-order valence-corrected chi connectivity index (χ3v) is 6.21. The van der Waals surface area contributed by atoms with Crippen molar-refractivity contribution >= 4 is 23.5 Å². The van der Waals surface area contributed by atoms with Gasteiger partial charge in [0.1, 0.15) is 24.0 Å². The maximum absolute atomic E-state index is 13.1. The number of furan rings is 1. The molecule has 35 heavy (non-hydrogen) atoms. The molecule has 184 valence electrons. The lowest BCUT2D eigenvalue weighted by atomic mass is 9.63. The van der Waals surface area contributed by atoms with Crippen molar-refractivity contribution in [1.82, 2.24) is 9.55 Å². The van der Waals surface area contributed by atoms with Gasteiger partial charge >= 0.3 is 6.18 Å². The van der Waals surface area contributed by atoms with E-state index in [1.165, 1.54) is 0 Å². The molecule has 6 nitrogen and oxygen atoms in total. The zero-order valence-corrected chi connectivity index (χ0v) is 19.5. The number of fused-ring (bicyclic) bond motifs is 1. The van der Waals surface area contributed by atoms with E-state index in [0.717, 1.165) is 11.9 Å². The highest BCUT2D eigenvalue weighted by atomic mass is 35.5. The molecule has 0 unspecified atom stereocenters. The lowest BCUT2D eigenvalue weighted by Gasteiger charge is -2.49. The summed E-state index contributed by atoms with van der Waals surface area (Å²) in [5.74, 6) is 0.328. The second-order valence-corrected chi connectivity index (χ2v) is 9.23. The summed E-state index contributed by atoms with van der Waals surface area (Å²) in [5.41, 5.74) is 6.61. The number of rotatable bonds is 4. The van der Waals surface area contributed by atoms with Gasteiger partial charge in [-0.3, -0.25) is 9.36 Å². The highest BCUT2D eigenvalue weighted by molar-refractivity contribution is 5.99. The molecule has 1 aliphatic carbocycles. The number of benzene rings is 2. The summed E-state index contributed by atoms with van der Waals surface area (Å²) >= 11 is 0. The minimum absolute atomic E-state index is 0. The minimum Gasteiger partial charge on any atom is -0.437 e. The van der Waals surface area contributed by atoms with Gasteiger partial charge in [0, 0.05) is 16.7 Å². The van der Waals surface area contributed by atoms with Crippen LogP contribution in [0.2, 0.25) is 0 Å². The quantitative estimate of drug-likeness (QED) is 0.407. The first kappa shape index (κ1) is 25.0. The topological polar surface area (TPSA) is 94.3 Å². The fourth-order valence-electron chi connectivity index (χ4n) is 4.88. The SMILES string of the molecule is CC1(O)CC(N)(c2ccc(-c3oc4ncn(CC(F)(F)F)c(=O)c4c3-c3ccccc3)cc2)C1.Cl. The third-order valence-electron chi connectivity index (χ3n) is 6.21. The van der Waals surface area contributed by atoms with E-state index in [-0.39, 0.29) is 23.5 Å². The van der Waals surface area contributed by atoms with Gasteiger partial charge in [-0.1, -0.05) is 54.6 Å². The molecule has 0 radical (unpaired) electrons. The van der Waals surface area contributed by atoms with Gasteiger partial charge in [-0.15, -0.1) is 12.4 Å². The first-order chi connectivity index (χ1) is 16.0. The van der Waals surface area contributed by atoms with Crippen LogP contribution in [0.1, 0.15) is 25.3 Å². The Morgan fingerprint density at radius 2 is 1.71 bits per heavy atom. The van der Waals surface area contributed by atoms with Crippen LogP contribution in [0.5, 0.6) is 0 Å². The standard InChI is InChI=1S/C25H22F3N3O3.ClH/c1-23(33)11-24(29,12-23)17-9-7-16(8-10-17)20-18(15-5-3-2-4-6-15)19-21(34-20)30-14-31(22(19)32)13-25(26,27)28;/h2-10,14,33H,11-13,29H2,1H3;1H. The van der Waals surface area contributed by atoms with E-state index in [1.807, 2.05) is 12.1 Å². The molecule has 3 N–H and O–H groups in total. The lowest BCUT2D eigenvalue weighted by Crippen LogP contribution is -2.58. The van der Waals surface area contributed by atoms with Crippen molar-refractivity contribution in [3.63, 3.8) is 0 Å². The van der Waals surface area contributed by atoms with Gasteiger partial charge < -0.3 is 15.3 Å². The molecule has 2 aromatic heterocycles. The molecule has 10 heteroatoms. The highest BCUT2D eigenvalue weighted by Gasteiger charge is 2.49. The molecule has 1 aliphatic rings. The first-order valence-corrected chi connectivity index (χ1v) is 10.7. The summed E-state index contributed by atoms with van der Waals surface area (Å²) in [5, 5.41) is 10.1. The average Bonchev–Trinajstić information content (AvgIpc) is 3.14. The van der Waals surface area contributed by atoms with Crippen LogP contribution in [-0.2, 0) is 12.1 Å². The van der Waals surface area contributed by atoms with E-state index in [2.05, 4.69) is 4.98 Å². The van der Waals surface area contributed by atoms with Crippen molar-refractivity contribution < 1.29 is 22.7 Å². The van der Waals surface area contributed by atoms with Crippen LogP contribution in [0, 0.1) is 0 Å². The Bertz CT molecular complexity index is 1420. The van der Waals surface area contributed by atoms with Crippen molar-refractivity contribution in [2.45, 2.75) is 43.6 Å². The van der Waals surface area contributed by atoms with Gasteiger partial charge in [0.25, 0.3) is 5.56 Å². The summed E-state index contributed by atoms with van der Waals surface area (Å²) in [6, 6.07) is 16.1. The summed E-state index contributed by atoms with van der Waals surface area (Å²) in [4.78, 5) is 17.1. The average molecular weight is 506 g/mol. The molecule has 0 amide bonds. The number of hydrogen-bond acceptors (Lipinski definition) is 5. The summed E-state index contributed by atoms with van der Waals surface area (Å²) < 4.78 is 45.5. The number of alkyl halides is 3. The van der Waals surface area contributed by atoms with Gasteiger partial charge in [0.2, 0.25) is 5.71 Å². The zero-order chi connectivity index (χ0) is 24.3. The maximum Gasteiger partial charge on any atom is 0.406 e. The molecule has 1 fully saturated rings. The van der Waals surface area contributed by atoms with Crippen molar-refractivity contribution in [2.75, 3.05) is 0 Å². The molecule has 0 aliphatic heterocycles. The van der Waals surface area contributed by atoms with Gasteiger partial charge in [0.15, 0.2) is 0 Å². The summed E-state index contributed by atoms with van der Waals surface area (Å²) in [7, 11) is 0. The number of aliphatic hydroxyl groups is 1. The fraction of sp³-hybridized carbons (Fsp3) is 0.280. The van der Waals surface area contributed by atoms with Gasteiger partial charge in [-0.05, 0) is 30.9 Å². The van der Waals surface area contributed by atoms with Crippen LogP contribution < -0.4 is 11.3 Å². The highest BCUT2D eigenvalue weighted by Crippen LogP contribution is 2.47. The van der Waals surface area contributed by atoms with Crippen LogP contribution in [0.3, 0.4) is 0 Å². The Kier molecular flexibility index (Phi) is 6.07. The third kappa shape index (κ3) is 4.59. The minimum atomic E-state index is -4.57. The predicted octanol–water partition coefficient (Wildman–Crippen LogP) is 5.01. The molecule has 0 saturated heterocycles. The molecule has 1 saturated carbocycles. The van der Waals surface area contributed by atoms with E-state index in [9.17, 15) is 23.1 Å². The number of nitrogens with zero attached hydrogens (tertiary/aromatic N) is 2. The Morgan fingerprint density at radius 3 is 2.29 bits per heavy atom. The molecule has 0 spiro atoms. The Balaban J connectivity index is 0.00000289. The van der Waals surface area contributed by atoms with Crippen LogP contribution in [0.4, 0.5) is 13.2 Å². The van der Waals surface area contributed by atoms with Crippen molar-refractivity contribution in [3.8, 4) is 22.5 Å². The maximum atomic E-state index is 13.1. The van der Waals surface area contributed by atoms with E-state index < -0.39 is 29.4 Å². The van der Waals surface area contributed by atoms with E-state index >= 15 is 0 Å². The van der Waals surface area contributed by atoms with Crippen molar-refractivity contribution in [3.05, 3.63) is 76.8 Å². The molecular weight excluding hydrogens is 483 g/mol. The Labute approximate surface area is 204 Å². The van der Waals surface area contributed by atoms with Crippen molar-refractivity contribution in [2.24, 2.45) is 5.73 Å². The summed E-state index contributed by atoms with van der Waals surface area (Å²) in [6.07, 6.45) is -2.85. The van der Waals surface area contributed by atoms with Crippen LogP contribution in [-0.4, -0.2) is 26.4 Å². The summed E-state index contributed by atoms with van der Waals surface area (Å²) in [6.45, 7) is 0.298. The van der Waals surface area contributed by atoms with E-state index in [1.54, 1.807) is 49.4 Å². The molecule has 2 heterocycles. The molecule has 0 atom stereocenters. The predicted molar refractivity (Wildman–Crippen MR) is 128 cm³/mol. The van der Waals surface area contributed by atoms with Gasteiger partial charge in [0.05, 0.1) is 5.60 Å². The number of halogens is 4. The largest absolute Gasteiger partial charge is 0.437 e. The molecule has 2 aromatic carbocycles. The molecule has 0 bridgehead atoms. The normalized spacial score (nSPS) is 22.0. The number of nitrogens with two attached hydrogens (primary N) is 1. The molecule has 4 aromatic rings. The first-order valence-electron chi connectivity index (χ1n) is 10.7. The van der Waals surface area contributed by atoms with Crippen LogP contribution in [0.15, 0.2) is 70.1 Å². The monoisotopic (exact) mass is 505 g/mol. The molecular formula is C25H23ClF3N3O3. The second kappa shape index (κ2) is 8.51. The van der Waals surface area contributed by atoms with Gasteiger partial charge in [-0.2, -0.15) is 13.2 Å². The Morgan fingerprint density at radius 1 is 1.09 bits per heavy atom. The smallest absolute Gasteiger partial charge is 0.406 e. The lowest BCUT2D eigenvalue weighted by molar-refractivity contribution is -0.141.